The first-order chi connectivity index (χ1) is 17.7. The van der Waals surface area contributed by atoms with Crippen molar-refractivity contribution < 1.29 is 29.0 Å². The summed E-state index contributed by atoms with van der Waals surface area (Å²) >= 11 is 5.57. The summed E-state index contributed by atoms with van der Waals surface area (Å²) in [5.41, 5.74) is 2.79. The Kier molecular flexibility index (Phi) is 8.08. The van der Waals surface area contributed by atoms with Gasteiger partial charge in [-0.15, -0.1) is 0 Å². The maximum Gasteiger partial charge on any atom is 0.335 e. The number of urea groups is 1. The number of carbonyl (C=O) groups is 4. The lowest BCUT2D eigenvalue weighted by atomic mass is 10.1. The fourth-order valence-corrected chi connectivity index (χ4v) is 5.41. The molecule has 1 heterocycles. The zero-order valence-corrected chi connectivity index (χ0v) is 23.2. The summed E-state index contributed by atoms with van der Waals surface area (Å²) in [5, 5.41) is 11.3. The minimum Gasteiger partial charge on any atom is -0.487 e. The van der Waals surface area contributed by atoms with Crippen molar-refractivity contribution in [3.63, 3.8) is 0 Å². The molecule has 0 aliphatic carbocycles. The molecule has 3 aromatic carbocycles. The molecule has 1 aliphatic rings. The van der Waals surface area contributed by atoms with Gasteiger partial charge in [0.2, 0.25) is 0 Å². The van der Waals surface area contributed by atoms with Gasteiger partial charge >= 0.3 is 12.0 Å². The summed E-state index contributed by atoms with van der Waals surface area (Å²) in [7, 11) is 0. The van der Waals surface area contributed by atoms with Gasteiger partial charge in [-0.25, -0.2) is 14.5 Å². The number of benzene rings is 3. The summed E-state index contributed by atoms with van der Waals surface area (Å²) in [6.45, 7) is 2.21. The van der Waals surface area contributed by atoms with Gasteiger partial charge in [0.25, 0.3) is 11.8 Å². The van der Waals surface area contributed by atoms with Gasteiger partial charge in [-0.1, -0.05) is 31.2 Å². The number of nitrogens with one attached hydrogen (secondary N) is 1. The summed E-state index contributed by atoms with van der Waals surface area (Å²) in [6, 6.07) is 16.0. The molecule has 1 fully saturated rings. The standard InChI is InChI=1S/C27H20BrIN2O6/c1-2-15-5-9-19(10-6-15)31-25(33)20(24(32)30-27(31)36)11-17-12-21(28)23(22(29)13-17)37-14-16-3-7-18(8-4-16)26(34)35/h3-13H,2,14H2,1H3,(H,34,35)(H,30,32,36)/b20-11-. The van der Waals surface area contributed by atoms with E-state index in [0.29, 0.717) is 25.0 Å². The van der Waals surface area contributed by atoms with Crippen LogP contribution in [0.5, 0.6) is 5.75 Å². The van der Waals surface area contributed by atoms with E-state index < -0.39 is 23.8 Å². The molecular weight excluding hydrogens is 655 g/mol. The van der Waals surface area contributed by atoms with E-state index in [-0.39, 0.29) is 17.7 Å². The van der Waals surface area contributed by atoms with E-state index in [0.717, 1.165) is 22.4 Å². The first-order valence-corrected chi connectivity index (χ1v) is 13.0. The minimum absolute atomic E-state index is 0.172. The third kappa shape index (κ3) is 5.91. The van der Waals surface area contributed by atoms with E-state index in [1.165, 1.54) is 18.2 Å². The Labute approximate surface area is 234 Å². The molecule has 188 valence electrons. The molecule has 0 aromatic heterocycles. The number of amides is 4. The molecule has 0 saturated carbocycles. The van der Waals surface area contributed by atoms with Crippen LogP contribution in [0.3, 0.4) is 0 Å². The number of imide groups is 2. The Morgan fingerprint density at radius 2 is 1.70 bits per heavy atom. The van der Waals surface area contributed by atoms with Gasteiger partial charge in [0.15, 0.2) is 0 Å². The molecule has 4 amide bonds. The number of halogens is 2. The topological polar surface area (TPSA) is 113 Å². The van der Waals surface area contributed by atoms with Crippen molar-refractivity contribution in [3.8, 4) is 5.75 Å². The fraction of sp³-hybridized carbons (Fsp3) is 0.111. The lowest BCUT2D eigenvalue weighted by molar-refractivity contribution is -0.122. The van der Waals surface area contributed by atoms with Crippen LogP contribution in [0, 0.1) is 3.57 Å². The monoisotopic (exact) mass is 674 g/mol. The fourth-order valence-electron chi connectivity index (χ4n) is 3.64. The van der Waals surface area contributed by atoms with Crippen LogP contribution in [0.4, 0.5) is 10.5 Å². The van der Waals surface area contributed by atoms with E-state index in [1.54, 1.807) is 36.4 Å². The maximum atomic E-state index is 13.2. The van der Waals surface area contributed by atoms with Crippen molar-refractivity contribution in [1.82, 2.24) is 5.32 Å². The first kappa shape index (κ1) is 26.6. The lowest BCUT2D eigenvalue weighted by Gasteiger charge is -2.26. The van der Waals surface area contributed by atoms with Crippen molar-refractivity contribution >= 4 is 74.1 Å². The number of barbiturate groups is 1. The predicted octanol–water partition coefficient (Wildman–Crippen LogP) is 5.56. The quantitative estimate of drug-likeness (QED) is 0.193. The van der Waals surface area contributed by atoms with E-state index in [2.05, 4.69) is 43.8 Å². The molecule has 1 aliphatic heterocycles. The van der Waals surface area contributed by atoms with Crippen LogP contribution in [-0.2, 0) is 22.6 Å². The van der Waals surface area contributed by atoms with Crippen molar-refractivity contribution in [2.75, 3.05) is 4.90 Å². The highest BCUT2D eigenvalue weighted by molar-refractivity contribution is 14.1. The van der Waals surface area contributed by atoms with E-state index in [1.807, 2.05) is 19.1 Å². The second kappa shape index (κ2) is 11.3. The number of carboxylic acid groups (broad SMARTS) is 1. The number of aromatic carboxylic acids is 1. The third-order valence-electron chi connectivity index (χ3n) is 5.62. The SMILES string of the molecule is CCc1ccc(N2C(=O)NC(=O)/C(=C/c3cc(Br)c(OCc4ccc(C(=O)O)cc4)c(I)c3)C2=O)cc1. The molecule has 37 heavy (non-hydrogen) atoms. The Morgan fingerprint density at radius 1 is 1.05 bits per heavy atom. The number of carbonyl (C=O) groups excluding carboxylic acids is 3. The minimum atomic E-state index is -0.999. The number of anilines is 1. The van der Waals surface area contributed by atoms with Crippen LogP contribution >= 0.6 is 38.5 Å². The maximum absolute atomic E-state index is 13.2. The smallest absolute Gasteiger partial charge is 0.335 e. The van der Waals surface area contributed by atoms with Gasteiger partial charge in [-0.2, -0.15) is 0 Å². The average molecular weight is 675 g/mol. The lowest BCUT2D eigenvalue weighted by Crippen LogP contribution is -2.54. The number of rotatable bonds is 7. The van der Waals surface area contributed by atoms with Crippen LogP contribution in [0.1, 0.15) is 34.0 Å². The molecule has 10 heteroatoms. The number of carboxylic acids is 1. The van der Waals surface area contributed by atoms with E-state index >= 15 is 0 Å². The van der Waals surface area contributed by atoms with Crippen LogP contribution in [0.2, 0.25) is 0 Å². The zero-order valence-electron chi connectivity index (χ0n) is 19.5. The van der Waals surface area contributed by atoms with Gasteiger partial charge in [0.05, 0.1) is 19.3 Å². The number of aryl methyl sites for hydroxylation is 1. The number of ether oxygens (including phenoxy) is 1. The third-order valence-corrected chi connectivity index (χ3v) is 7.01. The number of hydrogen-bond donors (Lipinski definition) is 2. The average Bonchev–Trinajstić information content (AvgIpc) is 2.86. The first-order valence-electron chi connectivity index (χ1n) is 11.1. The second-order valence-electron chi connectivity index (χ2n) is 8.08. The zero-order chi connectivity index (χ0) is 26.7. The Hall–Kier alpha value is -3.51. The van der Waals surface area contributed by atoms with E-state index in [4.69, 9.17) is 9.84 Å². The van der Waals surface area contributed by atoms with Crippen molar-refractivity contribution in [2.24, 2.45) is 0 Å². The largest absolute Gasteiger partial charge is 0.487 e. The summed E-state index contributed by atoms with van der Waals surface area (Å²) in [6.07, 6.45) is 2.24. The highest BCUT2D eigenvalue weighted by Crippen LogP contribution is 2.34. The highest BCUT2D eigenvalue weighted by atomic mass is 127. The van der Waals surface area contributed by atoms with E-state index in [9.17, 15) is 19.2 Å². The molecule has 0 unspecified atom stereocenters. The number of nitrogens with zero attached hydrogens (tertiary/aromatic N) is 1. The van der Waals surface area contributed by atoms with Crippen LogP contribution < -0.4 is 15.0 Å². The predicted molar refractivity (Wildman–Crippen MR) is 149 cm³/mol. The van der Waals surface area contributed by atoms with Crippen LogP contribution in [0.25, 0.3) is 6.08 Å². The molecule has 8 nitrogen and oxygen atoms in total. The molecule has 2 N–H and O–H groups in total. The molecule has 0 spiro atoms. The molecule has 4 rings (SSSR count). The van der Waals surface area contributed by atoms with Crippen molar-refractivity contribution in [2.45, 2.75) is 20.0 Å². The van der Waals surface area contributed by atoms with Crippen molar-refractivity contribution in [1.29, 1.82) is 0 Å². The molecule has 0 atom stereocenters. The summed E-state index contributed by atoms with van der Waals surface area (Å²) in [4.78, 5) is 50.1. The second-order valence-corrected chi connectivity index (χ2v) is 10.1. The Bertz CT molecular complexity index is 1410. The van der Waals surface area contributed by atoms with Gasteiger partial charge < -0.3 is 9.84 Å². The van der Waals surface area contributed by atoms with Gasteiger partial charge in [0.1, 0.15) is 17.9 Å². The molecular formula is C27H20BrIN2O6. The highest BCUT2D eigenvalue weighted by Gasteiger charge is 2.36. The Morgan fingerprint density at radius 3 is 2.30 bits per heavy atom. The van der Waals surface area contributed by atoms with Crippen LogP contribution in [-0.4, -0.2) is 28.9 Å². The van der Waals surface area contributed by atoms with Crippen LogP contribution in [0.15, 0.2) is 70.7 Å². The molecule has 0 radical (unpaired) electrons. The van der Waals surface area contributed by atoms with Gasteiger partial charge in [0, 0.05) is 0 Å². The van der Waals surface area contributed by atoms with Crippen molar-refractivity contribution in [3.05, 3.63) is 96.5 Å². The summed E-state index contributed by atoms with van der Waals surface area (Å²) < 4.78 is 7.24. The molecule has 3 aromatic rings. The molecule has 1 saturated heterocycles. The van der Waals surface area contributed by atoms with Gasteiger partial charge in [-0.05, 0) is 104 Å². The normalized spacial score (nSPS) is 14.6. The Balaban J connectivity index is 1.56. The van der Waals surface area contributed by atoms with Gasteiger partial charge in [-0.3, -0.25) is 14.9 Å². The summed E-state index contributed by atoms with van der Waals surface area (Å²) in [5.74, 6) is -1.93. The molecule has 0 bridgehead atoms. The number of hydrogen-bond acceptors (Lipinski definition) is 5.